The summed E-state index contributed by atoms with van der Waals surface area (Å²) in [4.78, 5) is 0. The maximum absolute atomic E-state index is 12.9. The van der Waals surface area contributed by atoms with E-state index in [1.807, 2.05) is 0 Å². The minimum absolute atomic E-state index is 0.253. The van der Waals surface area contributed by atoms with Crippen LogP contribution in [0.15, 0.2) is 12.7 Å². The molecule has 0 heterocycles. The summed E-state index contributed by atoms with van der Waals surface area (Å²) < 4.78 is 38.6. The molecule has 17 heavy (non-hydrogen) atoms. The normalized spacial score (nSPS) is 27.8. The fourth-order valence-corrected chi connectivity index (χ4v) is 2.79. The SMILES string of the molecule is C=CCCCC(N)C1CCCCC1C(F)(F)F. The van der Waals surface area contributed by atoms with Crippen LogP contribution in [0, 0.1) is 11.8 Å². The minimum Gasteiger partial charge on any atom is -0.327 e. The van der Waals surface area contributed by atoms with Crippen LogP contribution in [0.1, 0.15) is 44.9 Å². The van der Waals surface area contributed by atoms with Gasteiger partial charge in [0.05, 0.1) is 5.92 Å². The van der Waals surface area contributed by atoms with Crippen molar-refractivity contribution in [3.05, 3.63) is 12.7 Å². The molecule has 100 valence electrons. The van der Waals surface area contributed by atoms with Crippen LogP contribution in [0.2, 0.25) is 0 Å². The second-order valence-corrected chi connectivity index (χ2v) is 4.98. The summed E-state index contributed by atoms with van der Waals surface area (Å²) in [7, 11) is 0. The van der Waals surface area contributed by atoms with E-state index in [-0.39, 0.29) is 18.4 Å². The number of unbranched alkanes of at least 4 members (excludes halogenated alkanes) is 1. The highest BCUT2D eigenvalue weighted by Crippen LogP contribution is 2.43. The van der Waals surface area contributed by atoms with Gasteiger partial charge in [-0.3, -0.25) is 0 Å². The number of rotatable bonds is 5. The van der Waals surface area contributed by atoms with E-state index in [9.17, 15) is 13.2 Å². The Morgan fingerprint density at radius 3 is 2.53 bits per heavy atom. The molecule has 0 radical (unpaired) electrons. The standard InChI is InChI=1S/C13H22F3N/c1-2-3-4-9-12(17)10-7-5-6-8-11(10)13(14,15)16/h2,10-12H,1,3-9,17H2. The molecular formula is C13H22F3N. The van der Waals surface area contributed by atoms with Crippen molar-refractivity contribution >= 4 is 0 Å². The van der Waals surface area contributed by atoms with Crippen molar-refractivity contribution in [1.82, 2.24) is 0 Å². The van der Waals surface area contributed by atoms with Gasteiger partial charge in [0, 0.05) is 6.04 Å². The fraction of sp³-hybridized carbons (Fsp3) is 0.846. The Bertz CT molecular complexity index is 237. The molecule has 1 fully saturated rings. The van der Waals surface area contributed by atoms with Crippen LogP contribution in [0.3, 0.4) is 0 Å². The van der Waals surface area contributed by atoms with Gasteiger partial charge in [-0.1, -0.05) is 18.9 Å². The Hall–Kier alpha value is -0.510. The molecule has 0 aromatic heterocycles. The van der Waals surface area contributed by atoms with E-state index in [0.29, 0.717) is 19.3 Å². The number of hydrogen-bond acceptors (Lipinski definition) is 1. The van der Waals surface area contributed by atoms with Crippen molar-refractivity contribution in [3.63, 3.8) is 0 Å². The molecule has 1 aliphatic rings. The Kier molecular flexibility index (Phi) is 5.50. The van der Waals surface area contributed by atoms with Gasteiger partial charge in [-0.2, -0.15) is 13.2 Å². The Morgan fingerprint density at radius 2 is 1.94 bits per heavy atom. The predicted octanol–water partition coefficient (Wildman–Crippen LogP) is 4.04. The second-order valence-electron chi connectivity index (χ2n) is 4.98. The van der Waals surface area contributed by atoms with Crippen molar-refractivity contribution in [2.24, 2.45) is 17.6 Å². The number of hydrogen-bond donors (Lipinski definition) is 1. The Morgan fingerprint density at radius 1 is 1.29 bits per heavy atom. The number of nitrogens with two attached hydrogens (primary N) is 1. The molecule has 0 amide bonds. The lowest BCUT2D eigenvalue weighted by molar-refractivity contribution is -0.198. The minimum atomic E-state index is -4.08. The largest absolute Gasteiger partial charge is 0.392 e. The van der Waals surface area contributed by atoms with E-state index >= 15 is 0 Å². The maximum atomic E-state index is 12.9. The zero-order chi connectivity index (χ0) is 12.9. The van der Waals surface area contributed by atoms with E-state index < -0.39 is 12.1 Å². The van der Waals surface area contributed by atoms with Gasteiger partial charge in [0.2, 0.25) is 0 Å². The predicted molar refractivity (Wildman–Crippen MR) is 63.5 cm³/mol. The maximum Gasteiger partial charge on any atom is 0.392 e. The van der Waals surface area contributed by atoms with E-state index in [2.05, 4.69) is 6.58 Å². The second kappa shape index (κ2) is 6.43. The van der Waals surface area contributed by atoms with Crippen molar-refractivity contribution in [3.8, 4) is 0 Å². The molecule has 0 aromatic carbocycles. The summed E-state index contributed by atoms with van der Waals surface area (Å²) in [6.07, 6.45) is 2.48. The number of allylic oxidation sites excluding steroid dienone is 1. The van der Waals surface area contributed by atoms with Gasteiger partial charge in [-0.25, -0.2) is 0 Å². The van der Waals surface area contributed by atoms with Crippen LogP contribution < -0.4 is 5.73 Å². The van der Waals surface area contributed by atoms with Crippen LogP contribution in [0.4, 0.5) is 13.2 Å². The molecule has 3 unspecified atom stereocenters. The lowest BCUT2D eigenvalue weighted by Crippen LogP contribution is -2.43. The molecule has 3 atom stereocenters. The van der Waals surface area contributed by atoms with E-state index in [1.165, 1.54) is 0 Å². The van der Waals surface area contributed by atoms with Crippen LogP contribution in [0.5, 0.6) is 0 Å². The van der Waals surface area contributed by atoms with E-state index in [1.54, 1.807) is 6.08 Å². The summed E-state index contributed by atoms with van der Waals surface area (Å²) in [5, 5.41) is 0. The molecule has 1 rings (SSSR count). The molecule has 1 nitrogen and oxygen atoms in total. The summed E-state index contributed by atoms with van der Waals surface area (Å²) in [5.74, 6) is -1.57. The summed E-state index contributed by atoms with van der Waals surface area (Å²) in [6, 6.07) is -0.318. The first kappa shape index (κ1) is 14.6. The molecule has 0 bridgehead atoms. The zero-order valence-corrected chi connectivity index (χ0v) is 10.2. The van der Waals surface area contributed by atoms with Crippen LogP contribution in [-0.2, 0) is 0 Å². The highest BCUT2D eigenvalue weighted by Gasteiger charge is 2.46. The van der Waals surface area contributed by atoms with E-state index in [0.717, 1.165) is 19.3 Å². The molecule has 0 saturated heterocycles. The highest BCUT2D eigenvalue weighted by atomic mass is 19.4. The first-order valence-electron chi connectivity index (χ1n) is 6.40. The van der Waals surface area contributed by atoms with Gasteiger partial charge in [-0.15, -0.1) is 6.58 Å². The van der Waals surface area contributed by atoms with Crippen molar-refractivity contribution < 1.29 is 13.2 Å². The zero-order valence-electron chi connectivity index (χ0n) is 10.2. The molecule has 0 aliphatic heterocycles. The molecule has 4 heteroatoms. The highest BCUT2D eigenvalue weighted by molar-refractivity contribution is 4.87. The van der Waals surface area contributed by atoms with Gasteiger partial charge in [0.25, 0.3) is 0 Å². The molecular weight excluding hydrogens is 227 g/mol. The first-order valence-corrected chi connectivity index (χ1v) is 6.40. The Balaban J connectivity index is 2.54. The topological polar surface area (TPSA) is 26.0 Å². The summed E-state index contributed by atoms with van der Waals surface area (Å²) in [5.41, 5.74) is 5.94. The third kappa shape index (κ3) is 4.34. The Labute approximate surface area is 101 Å². The third-order valence-electron chi connectivity index (χ3n) is 3.74. The van der Waals surface area contributed by atoms with Crippen molar-refractivity contribution in [2.75, 3.05) is 0 Å². The fourth-order valence-electron chi connectivity index (χ4n) is 2.79. The average molecular weight is 249 g/mol. The molecule has 1 aliphatic carbocycles. The summed E-state index contributed by atoms with van der Waals surface area (Å²) in [6.45, 7) is 3.60. The van der Waals surface area contributed by atoms with Crippen molar-refractivity contribution in [2.45, 2.75) is 57.2 Å². The van der Waals surface area contributed by atoms with Gasteiger partial charge in [0.1, 0.15) is 0 Å². The number of halogens is 3. The van der Waals surface area contributed by atoms with Crippen LogP contribution in [-0.4, -0.2) is 12.2 Å². The van der Waals surface area contributed by atoms with Gasteiger partial charge in [0.15, 0.2) is 0 Å². The molecule has 1 saturated carbocycles. The molecule has 2 N–H and O–H groups in total. The summed E-state index contributed by atoms with van der Waals surface area (Å²) >= 11 is 0. The van der Waals surface area contributed by atoms with Gasteiger partial charge in [-0.05, 0) is 38.0 Å². The van der Waals surface area contributed by atoms with E-state index in [4.69, 9.17) is 5.73 Å². The van der Waals surface area contributed by atoms with Crippen molar-refractivity contribution in [1.29, 1.82) is 0 Å². The lowest BCUT2D eigenvalue weighted by atomic mass is 9.74. The lowest BCUT2D eigenvalue weighted by Gasteiger charge is -2.36. The monoisotopic (exact) mass is 249 g/mol. The van der Waals surface area contributed by atoms with Crippen LogP contribution in [0.25, 0.3) is 0 Å². The first-order chi connectivity index (χ1) is 7.96. The smallest absolute Gasteiger partial charge is 0.327 e. The van der Waals surface area contributed by atoms with Crippen LogP contribution >= 0.6 is 0 Å². The quantitative estimate of drug-likeness (QED) is 0.577. The molecule has 0 spiro atoms. The molecule has 0 aromatic rings. The van der Waals surface area contributed by atoms with Gasteiger partial charge < -0.3 is 5.73 Å². The third-order valence-corrected chi connectivity index (χ3v) is 3.74. The average Bonchev–Trinajstić information content (AvgIpc) is 2.28. The van der Waals surface area contributed by atoms with Gasteiger partial charge >= 0.3 is 6.18 Å². The number of alkyl halides is 3.